The molecule has 0 aliphatic carbocycles. The number of hydrogen-bond donors (Lipinski definition) is 1. The van der Waals surface area contributed by atoms with Crippen molar-refractivity contribution in [3.63, 3.8) is 0 Å². The largest absolute Gasteiger partial charge is 0.507 e. The molecule has 39 heavy (non-hydrogen) atoms. The van der Waals surface area contributed by atoms with E-state index in [4.69, 9.17) is 21.1 Å². The lowest BCUT2D eigenvalue weighted by Crippen LogP contribution is -2.29. The predicted octanol–water partition coefficient (Wildman–Crippen LogP) is 6.46. The van der Waals surface area contributed by atoms with Gasteiger partial charge in [-0.15, -0.1) is 0 Å². The van der Waals surface area contributed by atoms with Crippen molar-refractivity contribution in [1.29, 1.82) is 0 Å². The highest BCUT2D eigenvalue weighted by Crippen LogP contribution is 2.45. The molecule has 1 aromatic heterocycles. The van der Waals surface area contributed by atoms with Gasteiger partial charge in [-0.2, -0.15) is 0 Å². The zero-order valence-electron chi connectivity index (χ0n) is 20.9. The Morgan fingerprint density at radius 2 is 2.08 bits per heavy atom. The molecule has 1 N–H and O–H groups in total. The van der Waals surface area contributed by atoms with Crippen molar-refractivity contribution in [3.05, 3.63) is 101 Å². The number of amides is 1. The zero-order valence-corrected chi connectivity index (χ0v) is 22.5. The van der Waals surface area contributed by atoms with E-state index in [0.717, 1.165) is 16.0 Å². The fourth-order valence-corrected chi connectivity index (χ4v) is 6.26. The standard InChI is InChI=1S/C30H23ClN2O5S/c1-3-11-37-21-6-4-5-17(14-21)26-25(27(34)18-7-10-23-19(13-18)12-16(2)38-23)28(35)29(36)33(26)30-32-22-9-8-20(31)15-24(22)39-30/h3-10,13-16,26,34H,1,11-12H2,2H3/b27-25+. The predicted molar refractivity (Wildman–Crippen MR) is 152 cm³/mol. The van der Waals surface area contributed by atoms with Crippen LogP contribution in [0, 0.1) is 0 Å². The summed E-state index contributed by atoms with van der Waals surface area (Å²) < 4.78 is 12.3. The zero-order chi connectivity index (χ0) is 27.3. The van der Waals surface area contributed by atoms with Crippen LogP contribution in [-0.4, -0.2) is 34.5 Å². The molecule has 0 radical (unpaired) electrons. The van der Waals surface area contributed by atoms with E-state index in [0.29, 0.717) is 39.0 Å². The third-order valence-electron chi connectivity index (χ3n) is 6.70. The number of carbonyl (C=O) groups excluding carboxylic acids is 2. The monoisotopic (exact) mass is 558 g/mol. The molecule has 1 amide bonds. The van der Waals surface area contributed by atoms with Crippen molar-refractivity contribution >= 4 is 55.7 Å². The number of hydrogen-bond acceptors (Lipinski definition) is 7. The van der Waals surface area contributed by atoms with Crippen LogP contribution in [0.2, 0.25) is 5.02 Å². The minimum Gasteiger partial charge on any atom is -0.507 e. The van der Waals surface area contributed by atoms with Crippen LogP contribution in [0.15, 0.2) is 78.9 Å². The Balaban J connectivity index is 1.53. The molecule has 7 nitrogen and oxygen atoms in total. The SMILES string of the molecule is C=CCOc1cccc(C2/C(=C(\O)c3ccc4c(c3)CC(C)O4)C(=O)C(=O)N2c2nc3ccc(Cl)cc3s2)c1. The van der Waals surface area contributed by atoms with Crippen molar-refractivity contribution in [2.24, 2.45) is 0 Å². The number of Topliss-reactive ketones (excluding diaryl/α,β-unsaturated/α-hetero) is 1. The third kappa shape index (κ3) is 4.45. The molecule has 3 heterocycles. The van der Waals surface area contributed by atoms with E-state index in [9.17, 15) is 14.7 Å². The summed E-state index contributed by atoms with van der Waals surface area (Å²) in [5.41, 5.74) is 2.58. The van der Waals surface area contributed by atoms with E-state index in [1.807, 2.05) is 13.0 Å². The van der Waals surface area contributed by atoms with Crippen LogP contribution in [-0.2, 0) is 16.0 Å². The van der Waals surface area contributed by atoms with Crippen LogP contribution in [0.1, 0.15) is 29.7 Å². The maximum atomic E-state index is 13.6. The van der Waals surface area contributed by atoms with Gasteiger partial charge in [-0.3, -0.25) is 14.5 Å². The number of nitrogens with zero attached hydrogens (tertiary/aromatic N) is 2. The number of benzene rings is 3. The van der Waals surface area contributed by atoms with E-state index >= 15 is 0 Å². The first-order chi connectivity index (χ1) is 18.8. The molecule has 4 aromatic rings. The van der Waals surface area contributed by atoms with Crippen LogP contribution < -0.4 is 14.4 Å². The maximum Gasteiger partial charge on any atom is 0.301 e. The normalized spacial score (nSPS) is 19.8. The lowest BCUT2D eigenvalue weighted by molar-refractivity contribution is -0.132. The third-order valence-corrected chi connectivity index (χ3v) is 7.95. The van der Waals surface area contributed by atoms with Gasteiger partial charge in [0, 0.05) is 17.0 Å². The smallest absolute Gasteiger partial charge is 0.301 e. The highest BCUT2D eigenvalue weighted by atomic mass is 35.5. The molecule has 2 unspecified atom stereocenters. The van der Waals surface area contributed by atoms with Gasteiger partial charge in [-0.05, 0) is 66.6 Å². The second-order valence-corrected chi connectivity index (χ2v) is 10.9. The van der Waals surface area contributed by atoms with Gasteiger partial charge in [0.1, 0.15) is 30.0 Å². The summed E-state index contributed by atoms with van der Waals surface area (Å²) in [4.78, 5) is 33.1. The summed E-state index contributed by atoms with van der Waals surface area (Å²) in [6.07, 6.45) is 2.34. The van der Waals surface area contributed by atoms with Gasteiger partial charge in [0.15, 0.2) is 5.13 Å². The Bertz CT molecular complexity index is 1690. The summed E-state index contributed by atoms with van der Waals surface area (Å²) in [5.74, 6) is -0.543. The molecule has 6 rings (SSSR count). The molecular weight excluding hydrogens is 536 g/mol. The average molecular weight is 559 g/mol. The van der Waals surface area contributed by atoms with E-state index in [1.165, 1.54) is 16.2 Å². The van der Waals surface area contributed by atoms with Crippen molar-refractivity contribution in [1.82, 2.24) is 4.98 Å². The summed E-state index contributed by atoms with van der Waals surface area (Å²) in [6.45, 7) is 5.94. The summed E-state index contributed by atoms with van der Waals surface area (Å²) in [6, 6.07) is 16.7. The number of carbonyl (C=O) groups is 2. The molecule has 0 spiro atoms. The molecule has 0 bridgehead atoms. The number of thiazole rings is 1. The Labute approximate surface area is 233 Å². The number of aliphatic hydroxyl groups excluding tert-OH is 1. The lowest BCUT2D eigenvalue weighted by Gasteiger charge is -2.23. The Hall–Kier alpha value is -4.14. The summed E-state index contributed by atoms with van der Waals surface area (Å²) in [7, 11) is 0. The van der Waals surface area contributed by atoms with Gasteiger partial charge in [0.25, 0.3) is 5.78 Å². The molecule has 9 heteroatoms. The lowest BCUT2D eigenvalue weighted by atomic mass is 9.94. The Morgan fingerprint density at radius 3 is 2.90 bits per heavy atom. The number of fused-ring (bicyclic) bond motifs is 2. The van der Waals surface area contributed by atoms with E-state index in [1.54, 1.807) is 60.7 Å². The molecule has 2 aliphatic heterocycles. The molecule has 1 saturated heterocycles. The second kappa shape index (κ2) is 9.87. The van der Waals surface area contributed by atoms with Crippen molar-refractivity contribution in [3.8, 4) is 11.5 Å². The van der Waals surface area contributed by atoms with Crippen LogP contribution in [0.4, 0.5) is 5.13 Å². The molecule has 196 valence electrons. The van der Waals surface area contributed by atoms with Crippen molar-refractivity contribution in [2.45, 2.75) is 25.5 Å². The molecular formula is C30H23ClN2O5S. The van der Waals surface area contributed by atoms with Gasteiger partial charge in [0.2, 0.25) is 0 Å². The fraction of sp³-hybridized carbons (Fsp3) is 0.167. The van der Waals surface area contributed by atoms with Gasteiger partial charge < -0.3 is 14.6 Å². The van der Waals surface area contributed by atoms with Crippen LogP contribution >= 0.6 is 22.9 Å². The average Bonchev–Trinajstić information content (AvgIpc) is 3.59. The van der Waals surface area contributed by atoms with Gasteiger partial charge in [-0.1, -0.05) is 47.7 Å². The summed E-state index contributed by atoms with van der Waals surface area (Å²) >= 11 is 7.43. The first-order valence-electron chi connectivity index (χ1n) is 12.3. The number of anilines is 1. The van der Waals surface area contributed by atoms with Crippen molar-refractivity contribution in [2.75, 3.05) is 11.5 Å². The molecule has 3 aromatic carbocycles. The topological polar surface area (TPSA) is 89.0 Å². The fourth-order valence-electron chi connectivity index (χ4n) is 4.99. The quantitative estimate of drug-likeness (QED) is 0.126. The number of ether oxygens (including phenoxy) is 2. The van der Waals surface area contributed by atoms with Crippen LogP contribution in [0.5, 0.6) is 11.5 Å². The van der Waals surface area contributed by atoms with Crippen LogP contribution in [0.25, 0.3) is 16.0 Å². The highest BCUT2D eigenvalue weighted by Gasteiger charge is 2.48. The number of aliphatic hydroxyl groups is 1. The number of halogens is 1. The molecule has 0 saturated carbocycles. The highest BCUT2D eigenvalue weighted by molar-refractivity contribution is 7.22. The van der Waals surface area contributed by atoms with E-state index < -0.39 is 17.7 Å². The Kier molecular flexibility index (Phi) is 6.37. The van der Waals surface area contributed by atoms with Crippen LogP contribution in [0.3, 0.4) is 0 Å². The molecule has 2 atom stereocenters. The molecule has 2 aliphatic rings. The van der Waals surface area contributed by atoms with Gasteiger partial charge in [-0.25, -0.2) is 4.98 Å². The van der Waals surface area contributed by atoms with E-state index in [2.05, 4.69) is 11.6 Å². The number of rotatable bonds is 6. The van der Waals surface area contributed by atoms with Crippen molar-refractivity contribution < 1.29 is 24.2 Å². The van der Waals surface area contributed by atoms with Gasteiger partial charge in [0.05, 0.1) is 21.8 Å². The molecule has 1 fully saturated rings. The first-order valence-corrected chi connectivity index (χ1v) is 13.5. The summed E-state index contributed by atoms with van der Waals surface area (Å²) in [5, 5.41) is 12.4. The number of aromatic nitrogens is 1. The Morgan fingerprint density at radius 1 is 1.23 bits per heavy atom. The van der Waals surface area contributed by atoms with E-state index in [-0.39, 0.29) is 24.0 Å². The number of ketones is 1. The minimum absolute atomic E-state index is 0.0221. The maximum absolute atomic E-state index is 13.6. The van der Waals surface area contributed by atoms with Gasteiger partial charge >= 0.3 is 5.91 Å². The minimum atomic E-state index is -0.934. The second-order valence-electron chi connectivity index (χ2n) is 9.40. The first kappa shape index (κ1) is 25.2.